The van der Waals surface area contributed by atoms with E-state index in [-0.39, 0.29) is 0 Å². The summed E-state index contributed by atoms with van der Waals surface area (Å²) in [5.74, 6) is 2.66. The second-order valence-corrected chi connectivity index (χ2v) is 7.91. The third-order valence-corrected chi connectivity index (χ3v) is 5.48. The van der Waals surface area contributed by atoms with Crippen molar-refractivity contribution in [1.82, 2.24) is 15.1 Å². The molecule has 1 N–H and O–H groups in total. The molecule has 2 rings (SSSR count). The highest BCUT2D eigenvalue weighted by atomic mass is 15.3. The minimum absolute atomic E-state index is 0.776. The van der Waals surface area contributed by atoms with E-state index in [1.165, 1.54) is 51.6 Å². The van der Waals surface area contributed by atoms with Crippen LogP contribution in [0, 0.1) is 11.8 Å². The van der Waals surface area contributed by atoms with E-state index in [9.17, 15) is 0 Å². The Morgan fingerprint density at radius 2 is 1.83 bits per heavy atom. The van der Waals surface area contributed by atoms with Crippen LogP contribution in [0.25, 0.3) is 0 Å². The van der Waals surface area contributed by atoms with Crippen molar-refractivity contribution < 1.29 is 0 Å². The fourth-order valence-corrected chi connectivity index (χ4v) is 4.30. The Kier molecular flexibility index (Phi) is 7.68. The summed E-state index contributed by atoms with van der Waals surface area (Å²) in [6.07, 6.45) is 8.07. The first-order chi connectivity index (χ1) is 11.1. The fraction of sp³-hybridized carbons (Fsp3) is 0.947. The lowest BCUT2D eigenvalue weighted by Crippen LogP contribution is -2.48. The van der Waals surface area contributed by atoms with Crippen LogP contribution < -0.4 is 5.32 Å². The highest BCUT2D eigenvalue weighted by Gasteiger charge is 2.23. The van der Waals surface area contributed by atoms with Crippen LogP contribution in [0.2, 0.25) is 0 Å². The second kappa shape index (κ2) is 9.51. The van der Waals surface area contributed by atoms with E-state index in [1.54, 1.807) is 0 Å². The van der Waals surface area contributed by atoms with Gasteiger partial charge in [-0.15, -0.1) is 0 Å². The molecule has 0 aromatic carbocycles. The van der Waals surface area contributed by atoms with Gasteiger partial charge in [-0.1, -0.05) is 20.3 Å². The van der Waals surface area contributed by atoms with E-state index in [1.807, 2.05) is 7.05 Å². The van der Waals surface area contributed by atoms with Gasteiger partial charge in [-0.25, -0.2) is 0 Å². The molecule has 0 amide bonds. The predicted molar refractivity (Wildman–Crippen MR) is 100.0 cm³/mol. The van der Waals surface area contributed by atoms with Gasteiger partial charge in [0.15, 0.2) is 5.96 Å². The molecule has 134 valence electrons. The van der Waals surface area contributed by atoms with Crippen LogP contribution in [0.15, 0.2) is 4.99 Å². The average Bonchev–Trinajstić information content (AvgIpc) is 2.51. The summed E-state index contributed by atoms with van der Waals surface area (Å²) >= 11 is 0. The van der Waals surface area contributed by atoms with Crippen LogP contribution in [0.3, 0.4) is 0 Å². The summed E-state index contributed by atoms with van der Waals surface area (Å²) in [5.41, 5.74) is 0. The minimum Gasteiger partial charge on any atom is -0.356 e. The number of unbranched alkanes of at least 4 members (excludes halogenated alkanes) is 1. The summed E-state index contributed by atoms with van der Waals surface area (Å²) < 4.78 is 0. The average molecular weight is 323 g/mol. The smallest absolute Gasteiger partial charge is 0.193 e. The number of rotatable bonds is 5. The number of hydrogen-bond acceptors (Lipinski definition) is 2. The highest BCUT2D eigenvalue weighted by Crippen LogP contribution is 2.21. The molecule has 4 heteroatoms. The number of nitrogens with one attached hydrogen (secondary N) is 1. The van der Waals surface area contributed by atoms with Gasteiger partial charge in [0.25, 0.3) is 0 Å². The minimum atomic E-state index is 0.776. The monoisotopic (exact) mass is 322 g/mol. The van der Waals surface area contributed by atoms with Crippen LogP contribution in [-0.2, 0) is 0 Å². The number of aliphatic imine (C=N–C) groups is 1. The summed E-state index contributed by atoms with van der Waals surface area (Å²) in [7, 11) is 1.92. The molecule has 3 atom stereocenters. The van der Waals surface area contributed by atoms with E-state index in [4.69, 9.17) is 0 Å². The maximum absolute atomic E-state index is 4.50. The van der Waals surface area contributed by atoms with Crippen molar-refractivity contribution in [3.8, 4) is 0 Å². The Labute approximate surface area is 143 Å². The zero-order chi connectivity index (χ0) is 16.7. The van der Waals surface area contributed by atoms with Gasteiger partial charge in [-0.3, -0.25) is 4.99 Å². The zero-order valence-corrected chi connectivity index (χ0v) is 15.9. The van der Waals surface area contributed by atoms with E-state index in [2.05, 4.69) is 40.9 Å². The zero-order valence-electron chi connectivity index (χ0n) is 15.9. The molecule has 2 fully saturated rings. The van der Waals surface area contributed by atoms with Crippen molar-refractivity contribution >= 4 is 5.96 Å². The van der Waals surface area contributed by atoms with Gasteiger partial charge in [-0.05, 0) is 64.0 Å². The maximum atomic E-state index is 4.50. The molecule has 0 radical (unpaired) electrons. The molecule has 0 bridgehead atoms. The number of likely N-dealkylation sites (tertiary alicyclic amines) is 2. The largest absolute Gasteiger partial charge is 0.356 e. The first-order valence-corrected chi connectivity index (χ1v) is 9.79. The summed E-state index contributed by atoms with van der Waals surface area (Å²) in [6, 6.07) is 0.792. The first-order valence-electron chi connectivity index (χ1n) is 9.79. The second-order valence-electron chi connectivity index (χ2n) is 7.91. The van der Waals surface area contributed by atoms with Gasteiger partial charge in [0, 0.05) is 32.7 Å². The molecule has 23 heavy (non-hydrogen) atoms. The summed E-state index contributed by atoms with van der Waals surface area (Å²) in [5, 5.41) is 3.59. The first kappa shape index (κ1) is 18.6. The molecule has 0 aliphatic carbocycles. The maximum Gasteiger partial charge on any atom is 0.193 e. The predicted octanol–water partition coefficient (Wildman–Crippen LogP) is 3.19. The Balaban J connectivity index is 1.64. The van der Waals surface area contributed by atoms with Gasteiger partial charge in [-0.2, -0.15) is 0 Å². The summed E-state index contributed by atoms with van der Waals surface area (Å²) in [4.78, 5) is 9.62. The Morgan fingerprint density at radius 1 is 1.09 bits per heavy atom. The lowest BCUT2D eigenvalue weighted by molar-refractivity contribution is 0.158. The molecule has 2 aliphatic rings. The number of guanidine groups is 1. The molecular weight excluding hydrogens is 284 g/mol. The molecular formula is C19H38N4. The third-order valence-electron chi connectivity index (χ3n) is 5.48. The van der Waals surface area contributed by atoms with Gasteiger partial charge in [0.1, 0.15) is 0 Å². The molecule has 0 aromatic heterocycles. The molecule has 4 nitrogen and oxygen atoms in total. The van der Waals surface area contributed by atoms with Crippen LogP contribution >= 0.6 is 0 Å². The normalized spacial score (nSPS) is 30.5. The van der Waals surface area contributed by atoms with Crippen molar-refractivity contribution in [3.05, 3.63) is 0 Å². The molecule has 0 spiro atoms. The molecule has 2 heterocycles. The molecule has 0 saturated carbocycles. The molecule has 2 saturated heterocycles. The van der Waals surface area contributed by atoms with Crippen LogP contribution in [0.5, 0.6) is 0 Å². The van der Waals surface area contributed by atoms with Gasteiger partial charge < -0.3 is 15.1 Å². The number of hydrogen-bond donors (Lipinski definition) is 1. The topological polar surface area (TPSA) is 30.9 Å². The standard InChI is InChI=1S/C19H38N4/c1-16-13-17(2)15-23(14-16)19(20-4)21-10-6-8-12-22-11-7-5-9-18(22)3/h16-18H,5-15H2,1-4H3,(H,20,21). The lowest BCUT2D eigenvalue weighted by Gasteiger charge is -2.37. The molecule has 3 unspecified atom stereocenters. The van der Waals surface area contributed by atoms with Crippen molar-refractivity contribution in [1.29, 1.82) is 0 Å². The lowest BCUT2D eigenvalue weighted by atomic mass is 9.92. The van der Waals surface area contributed by atoms with Crippen molar-refractivity contribution in [2.75, 3.05) is 39.8 Å². The highest BCUT2D eigenvalue weighted by molar-refractivity contribution is 5.79. The van der Waals surface area contributed by atoms with E-state index >= 15 is 0 Å². The van der Waals surface area contributed by atoms with Crippen molar-refractivity contribution in [3.63, 3.8) is 0 Å². The number of nitrogens with zero attached hydrogens (tertiary/aromatic N) is 3. The van der Waals surface area contributed by atoms with Crippen LogP contribution in [0.4, 0.5) is 0 Å². The third kappa shape index (κ3) is 5.98. The van der Waals surface area contributed by atoms with E-state index in [0.29, 0.717) is 0 Å². The summed E-state index contributed by atoms with van der Waals surface area (Å²) in [6.45, 7) is 13.0. The Morgan fingerprint density at radius 3 is 2.48 bits per heavy atom. The fourth-order valence-electron chi connectivity index (χ4n) is 4.30. The number of piperidine rings is 2. The van der Waals surface area contributed by atoms with Crippen LogP contribution in [0.1, 0.15) is 59.3 Å². The van der Waals surface area contributed by atoms with E-state index in [0.717, 1.165) is 43.5 Å². The molecule has 0 aromatic rings. The van der Waals surface area contributed by atoms with Crippen molar-refractivity contribution in [2.45, 2.75) is 65.3 Å². The van der Waals surface area contributed by atoms with E-state index < -0.39 is 0 Å². The van der Waals surface area contributed by atoms with Gasteiger partial charge in [0.05, 0.1) is 0 Å². The van der Waals surface area contributed by atoms with Crippen LogP contribution in [-0.4, -0.2) is 61.6 Å². The SMILES string of the molecule is CN=C(NCCCCN1CCCCC1C)N1CC(C)CC(C)C1. The van der Waals surface area contributed by atoms with Gasteiger partial charge >= 0.3 is 0 Å². The molecule has 2 aliphatic heterocycles. The Hall–Kier alpha value is -0.770. The quantitative estimate of drug-likeness (QED) is 0.479. The Bertz CT molecular complexity index is 358. The van der Waals surface area contributed by atoms with Crippen molar-refractivity contribution in [2.24, 2.45) is 16.8 Å². The van der Waals surface area contributed by atoms with Gasteiger partial charge in [0.2, 0.25) is 0 Å².